The van der Waals surface area contributed by atoms with E-state index in [1.54, 1.807) is 0 Å². The van der Waals surface area contributed by atoms with Crippen LogP contribution in [0.4, 0.5) is 4.39 Å². The molecule has 116 valence electrons. The first-order valence-electron chi connectivity index (χ1n) is 7.56. The molecule has 0 aromatic heterocycles. The first-order valence-corrected chi connectivity index (χ1v) is 7.56. The maximum atomic E-state index is 12.3. The Hall–Kier alpha value is -0.680. The van der Waals surface area contributed by atoms with Crippen LogP contribution in [0.1, 0.15) is 20.8 Å². The lowest BCUT2D eigenvalue weighted by molar-refractivity contribution is -0.135. The van der Waals surface area contributed by atoms with E-state index in [1.807, 2.05) is 4.90 Å². The van der Waals surface area contributed by atoms with Crippen LogP contribution in [0.25, 0.3) is 0 Å². The molecule has 2 rings (SSSR count). The van der Waals surface area contributed by atoms with Crippen molar-refractivity contribution >= 4 is 5.91 Å². The van der Waals surface area contributed by atoms with E-state index in [9.17, 15) is 9.18 Å². The molecule has 2 saturated heterocycles. The number of likely N-dealkylation sites (tertiary alicyclic amines) is 2. The Bertz CT molecular complexity index is 343. The van der Waals surface area contributed by atoms with Crippen LogP contribution in [0.3, 0.4) is 0 Å². The second-order valence-electron chi connectivity index (χ2n) is 7.00. The van der Waals surface area contributed by atoms with Crippen molar-refractivity contribution in [3.05, 3.63) is 0 Å². The molecule has 2 aliphatic rings. The van der Waals surface area contributed by atoms with Crippen LogP contribution in [0.2, 0.25) is 0 Å². The standard InChI is InChI=1S/C15H27FN2O2/c1-12-7-18(11-15(12,2)3)14(19)10-20-5-4-17-8-13(6-16)9-17/h12-13H,4-11H2,1-3H3. The minimum Gasteiger partial charge on any atom is -0.370 e. The van der Waals surface area contributed by atoms with E-state index in [2.05, 4.69) is 25.7 Å². The van der Waals surface area contributed by atoms with Crippen molar-refractivity contribution < 1.29 is 13.9 Å². The number of hydrogen-bond donors (Lipinski definition) is 0. The highest BCUT2D eigenvalue weighted by molar-refractivity contribution is 5.77. The highest BCUT2D eigenvalue weighted by Crippen LogP contribution is 2.34. The third kappa shape index (κ3) is 3.70. The molecule has 0 aromatic rings. The molecule has 5 heteroatoms. The molecular formula is C15H27FN2O2. The van der Waals surface area contributed by atoms with Crippen LogP contribution in [0.15, 0.2) is 0 Å². The molecule has 2 fully saturated rings. The smallest absolute Gasteiger partial charge is 0.248 e. The number of rotatable bonds is 6. The summed E-state index contributed by atoms with van der Waals surface area (Å²) in [5.41, 5.74) is 0.203. The number of hydrogen-bond acceptors (Lipinski definition) is 3. The van der Waals surface area contributed by atoms with Crippen LogP contribution >= 0.6 is 0 Å². The van der Waals surface area contributed by atoms with E-state index >= 15 is 0 Å². The van der Waals surface area contributed by atoms with Gasteiger partial charge < -0.3 is 14.5 Å². The van der Waals surface area contributed by atoms with Gasteiger partial charge in [-0.3, -0.25) is 9.18 Å². The second-order valence-corrected chi connectivity index (χ2v) is 7.00. The lowest BCUT2D eigenvalue weighted by atomic mass is 9.84. The average molecular weight is 286 g/mol. The molecule has 1 unspecified atom stereocenters. The van der Waals surface area contributed by atoms with Gasteiger partial charge in [0.15, 0.2) is 0 Å². The number of halogens is 1. The van der Waals surface area contributed by atoms with Crippen molar-refractivity contribution in [2.75, 3.05) is 52.6 Å². The lowest BCUT2D eigenvalue weighted by Gasteiger charge is -2.37. The van der Waals surface area contributed by atoms with Crippen molar-refractivity contribution in [1.29, 1.82) is 0 Å². The van der Waals surface area contributed by atoms with E-state index < -0.39 is 0 Å². The molecule has 2 aliphatic heterocycles. The van der Waals surface area contributed by atoms with Gasteiger partial charge in [-0.25, -0.2) is 0 Å². The Labute approximate surface area is 121 Å². The number of nitrogens with zero attached hydrogens (tertiary/aromatic N) is 2. The molecule has 1 atom stereocenters. The molecular weight excluding hydrogens is 259 g/mol. The maximum Gasteiger partial charge on any atom is 0.248 e. The van der Waals surface area contributed by atoms with Gasteiger partial charge >= 0.3 is 0 Å². The molecule has 20 heavy (non-hydrogen) atoms. The first kappa shape index (κ1) is 15.7. The topological polar surface area (TPSA) is 32.8 Å². The van der Waals surface area contributed by atoms with Gasteiger partial charge in [0.05, 0.1) is 13.3 Å². The van der Waals surface area contributed by atoms with E-state index in [1.165, 1.54) is 0 Å². The van der Waals surface area contributed by atoms with E-state index in [-0.39, 0.29) is 30.5 Å². The minimum absolute atomic E-state index is 0.0904. The molecule has 0 N–H and O–H groups in total. The van der Waals surface area contributed by atoms with Gasteiger partial charge in [0, 0.05) is 38.6 Å². The third-order valence-corrected chi connectivity index (χ3v) is 4.81. The number of carbonyl (C=O) groups is 1. The van der Waals surface area contributed by atoms with Crippen molar-refractivity contribution in [1.82, 2.24) is 9.80 Å². The van der Waals surface area contributed by atoms with E-state index in [0.29, 0.717) is 12.5 Å². The molecule has 2 heterocycles. The fraction of sp³-hybridized carbons (Fsp3) is 0.933. The average Bonchev–Trinajstić information content (AvgIpc) is 2.61. The monoisotopic (exact) mass is 286 g/mol. The Kier molecular flexibility index (Phi) is 5.02. The summed E-state index contributed by atoms with van der Waals surface area (Å²) in [6.07, 6.45) is 0. The second kappa shape index (κ2) is 6.39. The molecule has 0 saturated carbocycles. The summed E-state index contributed by atoms with van der Waals surface area (Å²) >= 11 is 0. The summed E-state index contributed by atoms with van der Waals surface area (Å²) in [5, 5.41) is 0. The maximum absolute atomic E-state index is 12.3. The van der Waals surface area contributed by atoms with Gasteiger partial charge in [0.2, 0.25) is 5.91 Å². The van der Waals surface area contributed by atoms with Crippen LogP contribution in [0, 0.1) is 17.3 Å². The van der Waals surface area contributed by atoms with Gasteiger partial charge in [0.25, 0.3) is 0 Å². The molecule has 1 amide bonds. The Morgan fingerprint density at radius 2 is 2.05 bits per heavy atom. The van der Waals surface area contributed by atoms with E-state index in [4.69, 9.17) is 4.74 Å². The number of alkyl halides is 1. The predicted octanol–water partition coefficient (Wildman–Crippen LogP) is 1.41. The Morgan fingerprint density at radius 1 is 1.35 bits per heavy atom. The normalized spacial score (nSPS) is 26.8. The summed E-state index contributed by atoms with van der Waals surface area (Å²) < 4.78 is 17.7. The zero-order chi connectivity index (χ0) is 14.8. The van der Waals surface area contributed by atoms with Crippen LogP contribution in [-0.2, 0) is 9.53 Å². The van der Waals surface area contributed by atoms with Crippen molar-refractivity contribution in [3.8, 4) is 0 Å². The summed E-state index contributed by atoms with van der Waals surface area (Å²) in [5.74, 6) is 0.836. The fourth-order valence-corrected chi connectivity index (χ4v) is 2.88. The van der Waals surface area contributed by atoms with Crippen molar-refractivity contribution in [2.24, 2.45) is 17.3 Å². The zero-order valence-electron chi connectivity index (χ0n) is 12.9. The minimum atomic E-state index is -0.223. The molecule has 0 aliphatic carbocycles. The van der Waals surface area contributed by atoms with Crippen LogP contribution in [-0.4, -0.2) is 68.3 Å². The summed E-state index contributed by atoms with van der Waals surface area (Å²) in [6.45, 7) is 11.2. The van der Waals surface area contributed by atoms with Crippen LogP contribution in [0.5, 0.6) is 0 Å². The highest BCUT2D eigenvalue weighted by atomic mass is 19.1. The van der Waals surface area contributed by atoms with Gasteiger partial charge in [0.1, 0.15) is 6.61 Å². The molecule has 0 radical (unpaired) electrons. The summed E-state index contributed by atoms with van der Waals surface area (Å²) in [6, 6.07) is 0. The van der Waals surface area contributed by atoms with Crippen molar-refractivity contribution in [3.63, 3.8) is 0 Å². The number of amides is 1. The number of ether oxygens (including phenoxy) is 1. The van der Waals surface area contributed by atoms with Crippen LogP contribution < -0.4 is 0 Å². The quantitative estimate of drug-likeness (QED) is 0.692. The predicted molar refractivity (Wildman–Crippen MR) is 76.2 cm³/mol. The van der Waals surface area contributed by atoms with Gasteiger partial charge in [-0.2, -0.15) is 0 Å². The zero-order valence-corrected chi connectivity index (χ0v) is 12.9. The molecule has 4 nitrogen and oxygen atoms in total. The molecule has 0 bridgehead atoms. The molecule has 0 aromatic carbocycles. The lowest BCUT2D eigenvalue weighted by Crippen LogP contribution is -2.49. The Balaban J connectivity index is 1.57. The summed E-state index contributed by atoms with van der Waals surface area (Å²) in [4.78, 5) is 16.1. The highest BCUT2D eigenvalue weighted by Gasteiger charge is 2.38. The number of carbonyl (C=O) groups excluding carboxylic acids is 1. The van der Waals surface area contributed by atoms with Crippen molar-refractivity contribution in [2.45, 2.75) is 20.8 Å². The van der Waals surface area contributed by atoms with Gasteiger partial charge in [-0.05, 0) is 11.3 Å². The molecule has 0 spiro atoms. The first-order chi connectivity index (χ1) is 9.42. The van der Waals surface area contributed by atoms with Gasteiger partial charge in [-0.1, -0.05) is 20.8 Å². The largest absolute Gasteiger partial charge is 0.370 e. The fourth-order valence-electron chi connectivity index (χ4n) is 2.88. The van der Waals surface area contributed by atoms with Gasteiger partial charge in [-0.15, -0.1) is 0 Å². The third-order valence-electron chi connectivity index (χ3n) is 4.81. The SMILES string of the molecule is CC1CN(C(=O)COCCN2CC(CF)C2)CC1(C)C. The summed E-state index contributed by atoms with van der Waals surface area (Å²) in [7, 11) is 0. The Morgan fingerprint density at radius 3 is 2.60 bits per heavy atom. The van der Waals surface area contributed by atoms with E-state index in [0.717, 1.165) is 32.7 Å².